The molecule has 1 amide bonds. The van der Waals surface area contributed by atoms with Crippen LogP contribution >= 0.6 is 0 Å². The van der Waals surface area contributed by atoms with Gasteiger partial charge in [-0.05, 0) is 49.7 Å². The van der Waals surface area contributed by atoms with Crippen LogP contribution in [0.4, 0.5) is 5.69 Å². The molecule has 0 saturated carbocycles. The fourth-order valence-corrected chi connectivity index (χ4v) is 2.48. The van der Waals surface area contributed by atoms with Crippen LogP contribution in [0.2, 0.25) is 0 Å². The maximum Gasteiger partial charge on any atom is 0.306 e. The first-order valence-corrected chi connectivity index (χ1v) is 8.59. The molecule has 0 aliphatic carbocycles. The summed E-state index contributed by atoms with van der Waals surface area (Å²) in [5.41, 5.74) is 3.04. The molecule has 0 bridgehead atoms. The summed E-state index contributed by atoms with van der Waals surface area (Å²) >= 11 is 0. The van der Waals surface area contributed by atoms with Gasteiger partial charge in [-0.25, -0.2) is 0 Å². The van der Waals surface area contributed by atoms with E-state index in [1.165, 1.54) is 0 Å². The number of rotatable bonds is 8. The first-order chi connectivity index (χ1) is 12.9. The van der Waals surface area contributed by atoms with E-state index in [1.54, 1.807) is 31.4 Å². The van der Waals surface area contributed by atoms with Crippen molar-refractivity contribution >= 4 is 23.3 Å². The van der Waals surface area contributed by atoms with Gasteiger partial charge in [0.1, 0.15) is 5.75 Å². The number of benzene rings is 2. The maximum atomic E-state index is 12.3. The SMILES string of the molecule is COc1ccc(NC(=O)COC(=O)CCC(=O)c2cc(C)ccc2C)cc1. The summed E-state index contributed by atoms with van der Waals surface area (Å²) in [6.45, 7) is 3.36. The Morgan fingerprint density at radius 1 is 0.963 bits per heavy atom. The van der Waals surface area contributed by atoms with E-state index in [0.29, 0.717) is 17.0 Å². The van der Waals surface area contributed by atoms with Crippen LogP contribution in [0.1, 0.15) is 34.3 Å². The highest BCUT2D eigenvalue weighted by atomic mass is 16.5. The molecule has 6 heteroatoms. The van der Waals surface area contributed by atoms with Crippen molar-refractivity contribution in [3.05, 3.63) is 59.2 Å². The number of esters is 1. The fourth-order valence-electron chi connectivity index (χ4n) is 2.48. The molecule has 0 saturated heterocycles. The third kappa shape index (κ3) is 6.26. The number of aryl methyl sites for hydroxylation is 2. The van der Waals surface area contributed by atoms with Gasteiger partial charge < -0.3 is 14.8 Å². The van der Waals surface area contributed by atoms with Crippen LogP contribution in [0.15, 0.2) is 42.5 Å². The molecule has 0 radical (unpaired) electrons. The normalized spacial score (nSPS) is 10.2. The number of anilines is 1. The van der Waals surface area contributed by atoms with E-state index in [-0.39, 0.29) is 18.6 Å². The van der Waals surface area contributed by atoms with Crippen LogP contribution in [0.5, 0.6) is 5.75 Å². The highest BCUT2D eigenvalue weighted by molar-refractivity contribution is 5.99. The average Bonchev–Trinajstić information content (AvgIpc) is 2.67. The lowest BCUT2D eigenvalue weighted by atomic mass is 9.99. The second-order valence-electron chi connectivity index (χ2n) is 6.18. The van der Waals surface area contributed by atoms with Gasteiger partial charge in [0.05, 0.1) is 13.5 Å². The quantitative estimate of drug-likeness (QED) is 0.569. The molecule has 2 rings (SSSR count). The lowest BCUT2D eigenvalue weighted by molar-refractivity contribution is -0.147. The Morgan fingerprint density at radius 2 is 1.67 bits per heavy atom. The largest absolute Gasteiger partial charge is 0.497 e. The molecule has 0 aromatic heterocycles. The minimum Gasteiger partial charge on any atom is -0.497 e. The zero-order chi connectivity index (χ0) is 19.8. The van der Waals surface area contributed by atoms with Crippen molar-refractivity contribution in [2.24, 2.45) is 0 Å². The Balaban J connectivity index is 1.75. The van der Waals surface area contributed by atoms with Gasteiger partial charge in [-0.15, -0.1) is 0 Å². The molecule has 0 heterocycles. The van der Waals surface area contributed by atoms with Crippen LogP contribution in [0.3, 0.4) is 0 Å². The van der Waals surface area contributed by atoms with Gasteiger partial charge in [0.2, 0.25) is 0 Å². The van der Waals surface area contributed by atoms with Crippen molar-refractivity contribution in [1.29, 1.82) is 0 Å². The number of carbonyl (C=O) groups is 3. The van der Waals surface area contributed by atoms with Crippen molar-refractivity contribution < 1.29 is 23.9 Å². The Bertz CT molecular complexity index is 827. The molecule has 6 nitrogen and oxygen atoms in total. The molecule has 1 N–H and O–H groups in total. The molecule has 0 aliphatic heterocycles. The maximum absolute atomic E-state index is 12.3. The van der Waals surface area contributed by atoms with Gasteiger partial charge in [0.25, 0.3) is 5.91 Å². The Labute approximate surface area is 158 Å². The lowest BCUT2D eigenvalue weighted by Crippen LogP contribution is -2.21. The predicted molar refractivity (Wildman–Crippen MR) is 102 cm³/mol. The number of carbonyl (C=O) groups excluding carboxylic acids is 3. The number of hydrogen-bond donors (Lipinski definition) is 1. The summed E-state index contributed by atoms with van der Waals surface area (Å²) in [4.78, 5) is 35.9. The molecule has 0 atom stereocenters. The summed E-state index contributed by atoms with van der Waals surface area (Å²) in [6.07, 6.45) is -0.0226. The smallest absolute Gasteiger partial charge is 0.306 e. The zero-order valence-electron chi connectivity index (χ0n) is 15.7. The van der Waals surface area contributed by atoms with E-state index < -0.39 is 18.5 Å². The van der Waals surface area contributed by atoms with E-state index in [9.17, 15) is 14.4 Å². The molecule has 2 aromatic rings. The van der Waals surface area contributed by atoms with Crippen molar-refractivity contribution in [3.63, 3.8) is 0 Å². The highest BCUT2D eigenvalue weighted by Crippen LogP contribution is 2.15. The van der Waals surface area contributed by atoms with Crippen LogP contribution in [0.25, 0.3) is 0 Å². The molecular weight excluding hydrogens is 346 g/mol. The number of hydrogen-bond acceptors (Lipinski definition) is 5. The van der Waals surface area contributed by atoms with Gasteiger partial charge in [-0.2, -0.15) is 0 Å². The molecule has 0 fully saturated rings. The first kappa shape index (κ1) is 20.2. The minimum atomic E-state index is -0.585. The Kier molecular flexibility index (Phi) is 7.11. The Morgan fingerprint density at radius 3 is 2.33 bits per heavy atom. The number of amides is 1. The number of Topliss-reactive ketones (excluding diaryl/α,β-unsaturated/α-hetero) is 1. The van der Waals surface area contributed by atoms with Gasteiger partial charge in [-0.1, -0.05) is 17.7 Å². The minimum absolute atomic E-state index is 0.0449. The molecule has 2 aromatic carbocycles. The molecule has 0 spiro atoms. The van der Waals surface area contributed by atoms with Crippen molar-refractivity contribution in [2.45, 2.75) is 26.7 Å². The van der Waals surface area contributed by atoms with Gasteiger partial charge in [-0.3, -0.25) is 14.4 Å². The van der Waals surface area contributed by atoms with E-state index in [2.05, 4.69) is 5.32 Å². The van der Waals surface area contributed by atoms with Gasteiger partial charge in [0.15, 0.2) is 12.4 Å². The van der Waals surface area contributed by atoms with Gasteiger partial charge >= 0.3 is 5.97 Å². The summed E-state index contributed by atoms with van der Waals surface area (Å²) in [7, 11) is 1.55. The zero-order valence-corrected chi connectivity index (χ0v) is 15.7. The van der Waals surface area contributed by atoms with Crippen LogP contribution in [-0.4, -0.2) is 31.4 Å². The van der Waals surface area contributed by atoms with Gasteiger partial charge in [0, 0.05) is 17.7 Å². The van der Waals surface area contributed by atoms with E-state index in [0.717, 1.165) is 11.1 Å². The molecule has 0 unspecified atom stereocenters. The molecule has 0 aliphatic rings. The standard InChI is InChI=1S/C21H23NO5/c1-14-4-5-15(2)18(12-14)19(23)10-11-21(25)27-13-20(24)22-16-6-8-17(26-3)9-7-16/h4-9,12H,10-11,13H2,1-3H3,(H,22,24). The third-order valence-corrected chi connectivity index (χ3v) is 3.99. The summed E-state index contributed by atoms with van der Waals surface area (Å²) < 4.78 is 9.97. The first-order valence-electron chi connectivity index (χ1n) is 8.59. The average molecular weight is 369 g/mol. The van der Waals surface area contributed by atoms with Crippen LogP contribution < -0.4 is 10.1 Å². The summed E-state index contributed by atoms with van der Waals surface area (Å²) in [5.74, 6) is -0.475. The third-order valence-electron chi connectivity index (χ3n) is 3.99. The van der Waals surface area contributed by atoms with Crippen molar-refractivity contribution in [3.8, 4) is 5.75 Å². The molecule has 142 valence electrons. The number of methoxy groups -OCH3 is 1. The predicted octanol–water partition coefficient (Wildman–Crippen LogP) is 3.46. The van der Waals surface area contributed by atoms with Crippen LogP contribution in [0, 0.1) is 13.8 Å². The molecule has 27 heavy (non-hydrogen) atoms. The number of nitrogens with one attached hydrogen (secondary N) is 1. The van der Waals surface area contributed by atoms with Crippen LogP contribution in [-0.2, 0) is 14.3 Å². The Hall–Kier alpha value is -3.15. The lowest BCUT2D eigenvalue weighted by Gasteiger charge is -2.08. The van der Waals surface area contributed by atoms with E-state index >= 15 is 0 Å². The molecular formula is C21H23NO5. The van der Waals surface area contributed by atoms with E-state index in [4.69, 9.17) is 9.47 Å². The second-order valence-corrected chi connectivity index (χ2v) is 6.18. The second kappa shape index (κ2) is 9.52. The summed E-state index contributed by atoms with van der Waals surface area (Å²) in [6, 6.07) is 12.4. The number of ether oxygens (including phenoxy) is 2. The van der Waals surface area contributed by atoms with Crippen molar-refractivity contribution in [2.75, 3.05) is 19.0 Å². The highest BCUT2D eigenvalue weighted by Gasteiger charge is 2.14. The van der Waals surface area contributed by atoms with Crippen molar-refractivity contribution in [1.82, 2.24) is 0 Å². The fraction of sp³-hybridized carbons (Fsp3) is 0.286. The topological polar surface area (TPSA) is 81.7 Å². The summed E-state index contributed by atoms with van der Waals surface area (Å²) in [5, 5.41) is 2.61. The van der Waals surface area contributed by atoms with E-state index in [1.807, 2.05) is 32.0 Å². The number of ketones is 1. The monoisotopic (exact) mass is 369 g/mol.